The van der Waals surface area contributed by atoms with Crippen LogP contribution in [0.1, 0.15) is 50.4 Å². The molecule has 0 radical (unpaired) electrons. The minimum Gasteiger partial charge on any atom is -0.488 e. The molecule has 3 amide bonds. The SMILES string of the molecule is CC1CCC(C(C)C)C(Oc2ccccc2NC(=O)NC(=O)c2c(F)cccc2F)C1. The number of halogens is 2. The molecule has 2 N–H and O–H groups in total. The van der Waals surface area contributed by atoms with E-state index in [4.69, 9.17) is 4.74 Å². The Balaban J connectivity index is 1.71. The smallest absolute Gasteiger partial charge is 0.326 e. The number of anilines is 1. The topological polar surface area (TPSA) is 67.4 Å². The van der Waals surface area contributed by atoms with Crippen molar-refractivity contribution in [3.8, 4) is 5.75 Å². The van der Waals surface area contributed by atoms with Gasteiger partial charge in [0.2, 0.25) is 0 Å². The van der Waals surface area contributed by atoms with Crippen LogP contribution in [0.25, 0.3) is 0 Å². The van der Waals surface area contributed by atoms with Gasteiger partial charge in [-0.3, -0.25) is 10.1 Å². The zero-order valence-corrected chi connectivity index (χ0v) is 18.0. The molecule has 31 heavy (non-hydrogen) atoms. The minimum absolute atomic E-state index is 0.0175. The van der Waals surface area contributed by atoms with Gasteiger partial charge in [0.15, 0.2) is 0 Å². The van der Waals surface area contributed by atoms with Gasteiger partial charge < -0.3 is 10.1 Å². The van der Waals surface area contributed by atoms with Crippen molar-refractivity contribution >= 4 is 17.6 Å². The van der Waals surface area contributed by atoms with Crippen LogP contribution in [0.3, 0.4) is 0 Å². The monoisotopic (exact) mass is 430 g/mol. The number of urea groups is 1. The van der Waals surface area contributed by atoms with Gasteiger partial charge >= 0.3 is 6.03 Å². The highest BCUT2D eigenvalue weighted by Gasteiger charge is 2.32. The van der Waals surface area contributed by atoms with Crippen molar-refractivity contribution in [3.05, 3.63) is 59.7 Å². The molecule has 1 aliphatic carbocycles. The molecule has 0 heterocycles. The predicted molar refractivity (Wildman–Crippen MR) is 115 cm³/mol. The molecule has 1 fully saturated rings. The number of hydrogen-bond donors (Lipinski definition) is 2. The van der Waals surface area contributed by atoms with Crippen LogP contribution in [0.15, 0.2) is 42.5 Å². The zero-order valence-electron chi connectivity index (χ0n) is 18.0. The summed E-state index contributed by atoms with van der Waals surface area (Å²) < 4.78 is 33.9. The molecule has 5 nitrogen and oxygen atoms in total. The molecule has 0 bridgehead atoms. The maximum absolute atomic E-state index is 13.8. The fraction of sp³-hybridized carbons (Fsp3) is 0.417. The number of hydrogen-bond acceptors (Lipinski definition) is 3. The van der Waals surface area contributed by atoms with Crippen molar-refractivity contribution in [1.29, 1.82) is 0 Å². The van der Waals surface area contributed by atoms with Crippen molar-refractivity contribution in [2.24, 2.45) is 17.8 Å². The molecule has 7 heteroatoms. The second kappa shape index (κ2) is 9.90. The third-order valence-electron chi connectivity index (χ3n) is 5.79. The number of amides is 3. The van der Waals surface area contributed by atoms with Gasteiger partial charge in [-0.25, -0.2) is 13.6 Å². The second-order valence-corrected chi connectivity index (χ2v) is 8.48. The van der Waals surface area contributed by atoms with E-state index >= 15 is 0 Å². The van der Waals surface area contributed by atoms with Crippen LogP contribution in [0.4, 0.5) is 19.3 Å². The Hall–Kier alpha value is -2.96. The van der Waals surface area contributed by atoms with E-state index in [0.717, 1.165) is 31.0 Å². The van der Waals surface area contributed by atoms with Crippen molar-refractivity contribution in [3.63, 3.8) is 0 Å². The van der Waals surface area contributed by atoms with Crippen LogP contribution in [0, 0.1) is 29.4 Å². The molecule has 1 aliphatic rings. The number of para-hydroxylation sites is 2. The molecule has 3 atom stereocenters. The van der Waals surface area contributed by atoms with E-state index in [-0.39, 0.29) is 6.10 Å². The van der Waals surface area contributed by atoms with Gasteiger partial charge in [-0.2, -0.15) is 0 Å². The number of carbonyl (C=O) groups is 2. The molecule has 0 saturated heterocycles. The lowest BCUT2D eigenvalue weighted by Gasteiger charge is -2.37. The normalized spacial score (nSPS) is 20.9. The Morgan fingerprint density at radius 2 is 1.71 bits per heavy atom. The summed E-state index contributed by atoms with van der Waals surface area (Å²) in [5.74, 6) is -1.32. The number of ether oxygens (including phenoxy) is 1. The van der Waals surface area contributed by atoms with Gasteiger partial charge in [-0.15, -0.1) is 0 Å². The predicted octanol–water partition coefficient (Wildman–Crippen LogP) is 5.77. The quantitative estimate of drug-likeness (QED) is 0.633. The van der Waals surface area contributed by atoms with E-state index in [1.54, 1.807) is 24.3 Å². The van der Waals surface area contributed by atoms with Crippen LogP contribution >= 0.6 is 0 Å². The van der Waals surface area contributed by atoms with E-state index in [2.05, 4.69) is 26.1 Å². The molecule has 0 spiro atoms. The summed E-state index contributed by atoms with van der Waals surface area (Å²) in [4.78, 5) is 24.5. The Bertz CT molecular complexity index is 928. The average Bonchev–Trinajstić information content (AvgIpc) is 2.69. The maximum atomic E-state index is 13.8. The Kier molecular flexibility index (Phi) is 7.25. The lowest BCUT2D eigenvalue weighted by Crippen LogP contribution is -2.37. The van der Waals surface area contributed by atoms with Crippen LogP contribution < -0.4 is 15.4 Å². The lowest BCUT2D eigenvalue weighted by atomic mass is 9.75. The van der Waals surface area contributed by atoms with Gasteiger partial charge in [-0.1, -0.05) is 45.4 Å². The highest BCUT2D eigenvalue weighted by Crippen LogP contribution is 2.37. The van der Waals surface area contributed by atoms with E-state index in [9.17, 15) is 18.4 Å². The molecule has 0 aliphatic heterocycles. The summed E-state index contributed by atoms with van der Waals surface area (Å²) in [6.45, 7) is 6.57. The molecule has 0 aromatic heterocycles. The standard InChI is InChI=1S/C24H28F2N2O3/c1-14(2)16-12-11-15(3)13-21(16)31-20-10-5-4-9-19(20)27-24(30)28-23(29)22-17(25)7-6-8-18(22)26/h4-10,14-16,21H,11-13H2,1-3H3,(H2,27,28,29,30). The molecular weight excluding hydrogens is 402 g/mol. The van der Waals surface area contributed by atoms with Crippen molar-refractivity contribution in [1.82, 2.24) is 5.32 Å². The van der Waals surface area contributed by atoms with Crippen molar-refractivity contribution < 1.29 is 23.1 Å². The van der Waals surface area contributed by atoms with Crippen molar-refractivity contribution in [2.45, 2.75) is 46.1 Å². The Labute approximate surface area is 181 Å². The van der Waals surface area contributed by atoms with Gasteiger partial charge in [0, 0.05) is 0 Å². The molecular formula is C24H28F2N2O3. The molecule has 2 aromatic rings. The first-order chi connectivity index (χ1) is 14.8. The Morgan fingerprint density at radius 1 is 1.03 bits per heavy atom. The fourth-order valence-electron chi connectivity index (χ4n) is 4.12. The zero-order chi connectivity index (χ0) is 22.5. The van der Waals surface area contributed by atoms with Crippen molar-refractivity contribution in [2.75, 3.05) is 5.32 Å². The van der Waals surface area contributed by atoms with E-state index in [1.807, 2.05) is 5.32 Å². The highest BCUT2D eigenvalue weighted by atomic mass is 19.1. The van der Waals surface area contributed by atoms with Crippen LogP contribution in [-0.4, -0.2) is 18.0 Å². The summed E-state index contributed by atoms with van der Waals surface area (Å²) in [5.41, 5.74) is -0.430. The van der Waals surface area contributed by atoms with E-state index < -0.39 is 29.1 Å². The number of imide groups is 1. The van der Waals surface area contributed by atoms with Gasteiger partial charge in [0.05, 0.1) is 5.69 Å². The fourth-order valence-corrected chi connectivity index (χ4v) is 4.12. The number of benzene rings is 2. The van der Waals surface area contributed by atoms with Crippen LogP contribution in [0.2, 0.25) is 0 Å². The number of carbonyl (C=O) groups excluding carboxylic acids is 2. The second-order valence-electron chi connectivity index (χ2n) is 8.48. The van der Waals surface area contributed by atoms with Gasteiger partial charge in [-0.05, 0) is 54.9 Å². The first-order valence-corrected chi connectivity index (χ1v) is 10.6. The summed E-state index contributed by atoms with van der Waals surface area (Å²) >= 11 is 0. The largest absolute Gasteiger partial charge is 0.488 e. The van der Waals surface area contributed by atoms with E-state index in [1.165, 1.54) is 6.42 Å². The minimum atomic E-state index is -1.16. The molecule has 3 rings (SSSR count). The average molecular weight is 430 g/mol. The third kappa shape index (κ3) is 5.60. The first-order valence-electron chi connectivity index (χ1n) is 10.6. The molecule has 3 unspecified atom stereocenters. The first kappa shape index (κ1) is 22.7. The van der Waals surface area contributed by atoms with Gasteiger partial charge in [0.25, 0.3) is 5.91 Å². The lowest BCUT2D eigenvalue weighted by molar-refractivity contribution is 0.0465. The van der Waals surface area contributed by atoms with E-state index in [0.29, 0.717) is 29.2 Å². The number of rotatable bonds is 5. The highest BCUT2D eigenvalue weighted by molar-refractivity contribution is 6.08. The summed E-state index contributed by atoms with van der Waals surface area (Å²) in [6.07, 6.45) is 3.19. The van der Waals surface area contributed by atoms with Crippen LogP contribution in [-0.2, 0) is 0 Å². The molecule has 2 aromatic carbocycles. The van der Waals surface area contributed by atoms with Crippen LogP contribution in [0.5, 0.6) is 5.75 Å². The molecule has 1 saturated carbocycles. The van der Waals surface area contributed by atoms with Gasteiger partial charge in [0.1, 0.15) is 29.1 Å². The molecule has 166 valence electrons. The third-order valence-corrected chi connectivity index (χ3v) is 5.79. The summed E-state index contributed by atoms with van der Waals surface area (Å²) in [7, 11) is 0. The number of nitrogens with one attached hydrogen (secondary N) is 2. The maximum Gasteiger partial charge on any atom is 0.326 e. The summed E-state index contributed by atoms with van der Waals surface area (Å²) in [5, 5.41) is 4.52. The Morgan fingerprint density at radius 3 is 2.39 bits per heavy atom. The summed E-state index contributed by atoms with van der Waals surface area (Å²) in [6, 6.07) is 9.08.